The van der Waals surface area contributed by atoms with Crippen LogP contribution >= 0.6 is 11.6 Å². The largest absolute Gasteiger partial charge is 0.368 e. The molecule has 0 saturated heterocycles. The van der Waals surface area contributed by atoms with E-state index < -0.39 is 17.9 Å². The Balaban J connectivity index is 2.20. The maximum Gasteiger partial charge on any atom is 0.254 e. The molecule has 2 aromatic carbocycles. The van der Waals surface area contributed by atoms with Gasteiger partial charge in [-0.2, -0.15) is 0 Å². The van der Waals surface area contributed by atoms with Crippen molar-refractivity contribution in [2.45, 2.75) is 19.4 Å². The third-order valence-electron chi connectivity index (χ3n) is 3.51. The number of nitrogens with two attached hydrogens (primary N) is 1. The highest BCUT2D eigenvalue weighted by Crippen LogP contribution is 2.18. The Morgan fingerprint density at radius 1 is 1.08 bits per heavy atom. The zero-order valence-electron chi connectivity index (χ0n) is 13.6. The zero-order chi connectivity index (χ0) is 18.4. The van der Waals surface area contributed by atoms with Gasteiger partial charge < -0.3 is 16.4 Å². The Morgan fingerprint density at radius 3 is 2.36 bits per heavy atom. The van der Waals surface area contributed by atoms with Crippen LogP contribution in [0.4, 0.5) is 5.69 Å². The van der Waals surface area contributed by atoms with E-state index in [1.54, 1.807) is 48.5 Å². The van der Waals surface area contributed by atoms with Crippen molar-refractivity contribution in [1.29, 1.82) is 0 Å². The molecule has 0 radical (unpaired) electrons. The summed E-state index contributed by atoms with van der Waals surface area (Å²) in [5, 5.41) is 5.66. The van der Waals surface area contributed by atoms with Gasteiger partial charge in [0.25, 0.3) is 5.91 Å². The molecule has 0 heterocycles. The molecule has 0 unspecified atom stereocenters. The van der Waals surface area contributed by atoms with E-state index in [1.165, 1.54) is 6.92 Å². The summed E-state index contributed by atoms with van der Waals surface area (Å²) in [5.74, 6) is -1.49. The van der Waals surface area contributed by atoms with Crippen molar-refractivity contribution in [3.05, 3.63) is 64.7 Å². The number of rotatable bonds is 6. The number of para-hydroxylation sites is 1. The van der Waals surface area contributed by atoms with Crippen LogP contribution in [0.5, 0.6) is 0 Å². The van der Waals surface area contributed by atoms with Gasteiger partial charge in [-0.1, -0.05) is 41.9 Å². The van der Waals surface area contributed by atoms with Gasteiger partial charge in [0.2, 0.25) is 11.8 Å². The van der Waals surface area contributed by atoms with E-state index in [0.29, 0.717) is 16.3 Å². The van der Waals surface area contributed by atoms with E-state index in [2.05, 4.69) is 10.6 Å². The predicted molar refractivity (Wildman–Crippen MR) is 96.4 cm³/mol. The van der Waals surface area contributed by atoms with Gasteiger partial charge in [0.05, 0.1) is 11.3 Å². The molecule has 2 rings (SSSR count). The lowest BCUT2D eigenvalue weighted by atomic mass is 10.0. The minimum Gasteiger partial charge on any atom is -0.368 e. The minimum absolute atomic E-state index is 0.170. The van der Waals surface area contributed by atoms with Gasteiger partial charge in [-0.25, -0.2) is 0 Å². The fraction of sp³-hybridized carbons (Fsp3) is 0.167. The average Bonchev–Trinajstić information content (AvgIpc) is 2.55. The van der Waals surface area contributed by atoms with Crippen LogP contribution in [0.1, 0.15) is 22.8 Å². The molecule has 4 N–H and O–H groups in total. The predicted octanol–water partition coefficient (Wildman–Crippen LogP) is 2.12. The van der Waals surface area contributed by atoms with Gasteiger partial charge in [-0.15, -0.1) is 0 Å². The minimum atomic E-state index is -0.933. The highest BCUT2D eigenvalue weighted by molar-refractivity contribution is 6.31. The molecule has 0 bridgehead atoms. The smallest absolute Gasteiger partial charge is 0.254 e. The third-order valence-corrected chi connectivity index (χ3v) is 3.88. The number of carbonyl (C=O) groups is 3. The molecular weight excluding hydrogens is 342 g/mol. The summed E-state index contributed by atoms with van der Waals surface area (Å²) < 4.78 is 0. The van der Waals surface area contributed by atoms with E-state index in [0.717, 1.165) is 0 Å². The standard InChI is InChI=1S/C18H18ClN3O3/c1-11(23)21-15-9-5-3-7-13(15)18(25)22-16(17(20)24)10-12-6-2-4-8-14(12)19/h2-9,16H,10H2,1H3,(H2,20,24)(H,21,23)(H,22,25)/t16-/m0/s1. The molecule has 0 aromatic heterocycles. The molecule has 130 valence electrons. The molecule has 6 nitrogen and oxygen atoms in total. The van der Waals surface area contributed by atoms with Crippen LogP contribution in [0, 0.1) is 0 Å². The Kier molecular flexibility index (Phi) is 6.14. The number of anilines is 1. The Bertz CT molecular complexity index is 808. The van der Waals surface area contributed by atoms with Gasteiger partial charge >= 0.3 is 0 Å². The number of carbonyl (C=O) groups excluding carboxylic acids is 3. The molecule has 7 heteroatoms. The van der Waals surface area contributed by atoms with Gasteiger partial charge in [0.1, 0.15) is 6.04 Å². The van der Waals surface area contributed by atoms with Crippen molar-refractivity contribution in [2.75, 3.05) is 5.32 Å². The lowest BCUT2D eigenvalue weighted by Crippen LogP contribution is -2.46. The lowest BCUT2D eigenvalue weighted by molar-refractivity contribution is -0.119. The van der Waals surface area contributed by atoms with E-state index >= 15 is 0 Å². The van der Waals surface area contributed by atoms with Crippen LogP contribution in [0.15, 0.2) is 48.5 Å². The van der Waals surface area contributed by atoms with Crippen molar-refractivity contribution in [1.82, 2.24) is 5.32 Å². The molecule has 0 spiro atoms. The number of nitrogens with one attached hydrogen (secondary N) is 2. The van der Waals surface area contributed by atoms with Crippen LogP contribution < -0.4 is 16.4 Å². The van der Waals surface area contributed by atoms with Crippen molar-refractivity contribution in [2.24, 2.45) is 5.73 Å². The first-order chi connectivity index (χ1) is 11.9. The van der Waals surface area contributed by atoms with Crippen molar-refractivity contribution >= 4 is 35.0 Å². The molecule has 3 amide bonds. The summed E-state index contributed by atoms with van der Waals surface area (Å²) in [6, 6.07) is 12.6. The van der Waals surface area contributed by atoms with Crippen LogP contribution in [-0.2, 0) is 16.0 Å². The van der Waals surface area contributed by atoms with Gasteiger partial charge in [-0.05, 0) is 23.8 Å². The summed E-state index contributed by atoms with van der Waals surface area (Å²) >= 11 is 6.10. The molecule has 1 atom stereocenters. The Hall–Kier alpha value is -2.86. The van der Waals surface area contributed by atoms with E-state index in [9.17, 15) is 14.4 Å². The Morgan fingerprint density at radius 2 is 1.72 bits per heavy atom. The second kappa shape index (κ2) is 8.30. The maximum absolute atomic E-state index is 12.5. The number of primary amides is 1. The monoisotopic (exact) mass is 359 g/mol. The van der Waals surface area contributed by atoms with Crippen molar-refractivity contribution < 1.29 is 14.4 Å². The van der Waals surface area contributed by atoms with Crippen LogP contribution in [-0.4, -0.2) is 23.8 Å². The number of hydrogen-bond donors (Lipinski definition) is 3. The summed E-state index contributed by atoms with van der Waals surface area (Å²) in [4.78, 5) is 35.5. The summed E-state index contributed by atoms with van der Waals surface area (Å²) in [5.41, 5.74) is 6.70. The number of benzene rings is 2. The molecular formula is C18H18ClN3O3. The molecule has 0 aliphatic carbocycles. The first-order valence-electron chi connectivity index (χ1n) is 7.58. The quantitative estimate of drug-likeness (QED) is 0.736. The fourth-order valence-electron chi connectivity index (χ4n) is 2.32. The van der Waals surface area contributed by atoms with E-state index in [-0.39, 0.29) is 17.9 Å². The number of halogens is 1. The molecule has 0 saturated carbocycles. The zero-order valence-corrected chi connectivity index (χ0v) is 14.3. The average molecular weight is 360 g/mol. The maximum atomic E-state index is 12.5. The van der Waals surface area contributed by atoms with Gasteiger partial charge in [0, 0.05) is 18.4 Å². The normalized spacial score (nSPS) is 11.4. The van der Waals surface area contributed by atoms with Crippen LogP contribution in [0.2, 0.25) is 5.02 Å². The molecule has 25 heavy (non-hydrogen) atoms. The van der Waals surface area contributed by atoms with Gasteiger partial charge in [-0.3, -0.25) is 14.4 Å². The molecule has 0 aliphatic rings. The molecule has 0 fully saturated rings. The van der Waals surface area contributed by atoms with Gasteiger partial charge in [0.15, 0.2) is 0 Å². The molecule has 0 aliphatic heterocycles. The van der Waals surface area contributed by atoms with Crippen LogP contribution in [0.25, 0.3) is 0 Å². The van der Waals surface area contributed by atoms with Crippen LogP contribution in [0.3, 0.4) is 0 Å². The Labute approximate surface area is 150 Å². The fourth-order valence-corrected chi connectivity index (χ4v) is 2.54. The van der Waals surface area contributed by atoms with E-state index in [4.69, 9.17) is 17.3 Å². The highest BCUT2D eigenvalue weighted by Gasteiger charge is 2.22. The second-order valence-corrected chi connectivity index (χ2v) is 5.86. The first-order valence-corrected chi connectivity index (χ1v) is 7.96. The van der Waals surface area contributed by atoms with Crippen molar-refractivity contribution in [3.63, 3.8) is 0 Å². The summed E-state index contributed by atoms with van der Waals surface area (Å²) in [7, 11) is 0. The molecule has 2 aromatic rings. The van der Waals surface area contributed by atoms with E-state index in [1.807, 2.05) is 0 Å². The number of hydrogen-bond acceptors (Lipinski definition) is 3. The number of amides is 3. The van der Waals surface area contributed by atoms with Crippen molar-refractivity contribution in [3.8, 4) is 0 Å². The second-order valence-electron chi connectivity index (χ2n) is 5.45. The topological polar surface area (TPSA) is 101 Å². The lowest BCUT2D eigenvalue weighted by Gasteiger charge is -2.17. The SMILES string of the molecule is CC(=O)Nc1ccccc1C(=O)N[C@@H](Cc1ccccc1Cl)C(N)=O. The third kappa shape index (κ3) is 5.06. The highest BCUT2D eigenvalue weighted by atomic mass is 35.5. The first kappa shape index (κ1) is 18.5. The summed E-state index contributed by atoms with van der Waals surface area (Å²) in [6.07, 6.45) is 0.170. The summed E-state index contributed by atoms with van der Waals surface area (Å²) in [6.45, 7) is 1.35.